The molecule has 4 rings (SSSR count). The Balaban J connectivity index is 1.60. The van der Waals surface area contributed by atoms with E-state index in [2.05, 4.69) is 10.3 Å². The minimum Gasteiger partial charge on any atom is -0.497 e. The zero-order valence-electron chi connectivity index (χ0n) is 16.9. The molecule has 1 aromatic heterocycles. The van der Waals surface area contributed by atoms with Gasteiger partial charge in [0.25, 0.3) is 5.56 Å². The van der Waals surface area contributed by atoms with E-state index in [4.69, 9.17) is 4.74 Å². The Bertz CT molecular complexity index is 1180. The van der Waals surface area contributed by atoms with Crippen molar-refractivity contribution >= 4 is 35.1 Å². The normalized spacial score (nSPS) is 14.9. The van der Waals surface area contributed by atoms with Gasteiger partial charge in [-0.15, -0.1) is 11.8 Å². The van der Waals surface area contributed by atoms with Gasteiger partial charge in [0.15, 0.2) is 5.16 Å². The molecule has 0 saturated carbocycles. The highest BCUT2D eigenvalue weighted by Crippen LogP contribution is 2.35. The second-order valence-electron chi connectivity index (χ2n) is 6.99. The highest BCUT2D eigenvalue weighted by Gasteiger charge is 2.27. The van der Waals surface area contributed by atoms with E-state index in [0.717, 1.165) is 5.69 Å². The van der Waals surface area contributed by atoms with Gasteiger partial charge < -0.3 is 10.1 Å². The molecule has 1 aliphatic heterocycles. The van der Waals surface area contributed by atoms with E-state index >= 15 is 0 Å². The highest BCUT2D eigenvalue weighted by atomic mass is 32.2. The Labute approximate surface area is 187 Å². The number of carbonyl (C=O) groups excluding carboxylic acids is 1. The number of fused-ring (bicyclic) bond motifs is 1. The van der Waals surface area contributed by atoms with E-state index in [1.54, 1.807) is 31.4 Å². The lowest BCUT2D eigenvalue weighted by atomic mass is 10.2. The zero-order valence-corrected chi connectivity index (χ0v) is 18.6. The van der Waals surface area contributed by atoms with Crippen molar-refractivity contribution in [3.8, 4) is 11.4 Å². The monoisotopic (exact) mass is 457 g/mol. The van der Waals surface area contributed by atoms with Crippen molar-refractivity contribution in [2.75, 3.05) is 18.2 Å². The van der Waals surface area contributed by atoms with Crippen LogP contribution in [0, 0.1) is 5.82 Å². The van der Waals surface area contributed by atoms with E-state index in [0.29, 0.717) is 33.6 Å². The predicted octanol–water partition coefficient (Wildman–Crippen LogP) is 4.15. The van der Waals surface area contributed by atoms with E-state index in [1.807, 2.05) is 6.92 Å². The summed E-state index contributed by atoms with van der Waals surface area (Å²) in [5.41, 5.74) is 1.68. The van der Waals surface area contributed by atoms with Gasteiger partial charge in [0.05, 0.1) is 29.1 Å². The van der Waals surface area contributed by atoms with Crippen LogP contribution in [0.1, 0.15) is 12.6 Å². The van der Waals surface area contributed by atoms with Crippen molar-refractivity contribution in [2.24, 2.45) is 0 Å². The molecule has 0 bridgehead atoms. The largest absolute Gasteiger partial charge is 0.497 e. The third kappa shape index (κ3) is 4.77. The van der Waals surface area contributed by atoms with Gasteiger partial charge in [0.1, 0.15) is 11.6 Å². The van der Waals surface area contributed by atoms with Crippen LogP contribution in [0.2, 0.25) is 0 Å². The first-order valence-electron chi connectivity index (χ1n) is 9.60. The number of amides is 1. The Morgan fingerprint density at radius 1 is 1.32 bits per heavy atom. The number of hydrogen-bond donors (Lipinski definition) is 1. The summed E-state index contributed by atoms with van der Waals surface area (Å²) < 4.78 is 20.0. The third-order valence-electron chi connectivity index (χ3n) is 4.65. The van der Waals surface area contributed by atoms with Crippen LogP contribution < -0.4 is 15.6 Å². The van der Waals surface area contributed by atoms with Crippen molar-refractivity contribution in [1.82, 2.24) is 9.55 Å². The van der Waals surface area contributed by atoms with Crippen molar-refractivity contribution in [2.45, 2.75) is 28.6 Å². The molecule has 0 aliphatic carbocycles. The first-order chi connectivity index (χ1) is 14.9. The summed E-state index contributed by atoms with van der Waals surface area (Å²) in [6.45, 7) is 2.04. The van der Waals surface area contributed by atoms with Crippen molar-refractivity contribution in [3.05, 3.63) is 70.4 Å². The van der Waals surface area contributed by atoms with Crippen LogP contribution in [0.15, 0.2) is 63.4 Å². The second kappa shape index (κ2) is 9.15. The van der Waals surface area contributed by atoms with Crippen molar-refractivity contribution in [3.63, 3.8) is 0 Å². The van der Waals surface area contributed by atoms with Crippen LogP contribution in [0.25, 0.3) is 5.69 Å². The average Bonchev–Trinajstić information content (AvgIpc) is 3.14. The summed E-state index contributed by atoms with van der Waals surface area (Å²) in [5.74, 6) is 0.0801. The molecule has 0 fully saturated rings. The van der Waals surface area contributed by atoms with Gasteiger partial charge in [0, 0.05) is 23.4 Å². The Kier molecular flexibility index (Phi) is 6.33. The van der Waals surface area contributed by atoms with Gasteiger partial charge in [-0.2, -0.15) is 0 Å². The number of ether oxygens (including phenoxy) is 1. The number of methoxy groups -OCH3 is 1. The Morgan fingerprint density at radius 2 is 2.10 bits per heavy atom. The molecule has 9 heteroatoms. The van der Waals surface area contributed by atoms with Crippen LogP contribution in [0.5, 0.6) is 5.75 Å². The highest BCUT2D eigenvalue weighted by molar-refractivity contribution is 8.00. The van der Waals surface area contributed by atoms with E-state index in [1.165, 1.54) is 52.4 Å². The summed E-state index contributed by atoms with van der Waals surface area (Å²) in [6, 6.07) is 12.7. The molecule has 2 heterocycles. The molecule has 0 spiro atoms. The molecule has 1 unspecified atom stereocenters. The van der Waals surface area contributed by atoms with Gasteiger partial charge in [-0.1, -0.05) is 24.8 Å². The molecular weight excluding hydrogens is 437 g/mol. The smallest absolute Gasteiger partial charge is 0.272 e. The standard InChI is InChI=1S/C22H20FN3O3S2/c1-13-10-18-20(31-13)21(28)26(16-8-6-14(23)7-9-16)22(25-18)30-12-19(27)24-15-4-3-5-17(11-15)29-2/h3-9,11,13H,10,12H2,1-2H3,(H,24,27). The summed E-state index contributed by atoms with van der Waals surface area (Å²) in [7, 11) is 1.56. The number of benzene rings is 2. The molecule has 6 nitrogen and oxygen atoms in total. The van der Waals surface area contributed by atoms with Crippen LogP contribution in [0.4, 0.5) is 10.1 Å². The first kappa shape index (κ1) is 21.5. The topological polar surface area (TPSA) is 73.2 Å². The lowest BCUT2D eigenvalue weighted by Gasteiger charge is -2.14. The third-order valence-corrected chi connectivity index (χ3v) is 6.81. The summed E-state index contributed by atoms with van der Waals surface area (Å²) in [4.78, 5) is 31.0. The predicted molar refractivity (Wildman–Crippen MR) is 121 cm³/mol. The van der Waals surface area contributed by atoms with E-state index in [9.17, 15) is 14.0 Å². The number of rotatable bonds is 6. The molecule has 0 saturated heterocycles. The van der Waals surface area contributed by atoms with Crippen LogP contribution in [-0.4, -0.2) is 33.6 Å². The molecule has 3 aromatic rings. The number of hydrogen-bond acceptors (Lipinski definition) is 6. The summed E-state index contributed by atoms with van der Waals surface area (Å²) in [5, 5.41) is 3.48. The Hall–Kier alpha value is -2.78. The number of aromatic nitrogens is 2. The van der Waals surface area contributed by atoms with Crippen molar-refractivity contribution < 1.29 is 13.9 Å². The molecule has 1 aliphatic rings. The molecule has 1 amide bonds. The number of carbonyl (C=O) groups is 1. The van der Waals surface area contributed by atoms with Gasteiger partial charge in [0.2, 0.25) is 5.91 Å². The maximum Gasteiger partial charge on any atom is 0.272 e. The van der Waals surface area contributed by atoms with Crippen molar-refractivity contribution in [1.29, 1.82) is 0 Å². The summed E-state index contributed by atoms with van der Waals surface area (Å²) in [6.07, 6.45) is 0.697. The first-order valence-corrected chi connectivity index (χ1v) is 11.5. The maximum absolute atomic E-state index is 13.4. The fourth-order valence-electron chi connectivity index (χ4n) is 3.24. The quantitative estimate of drug-likeness (QED) is 0.443. The fourth-order valence-corrected chi connectivity index (χ4v) is 5.17. The lowest BCUT2D eigenvalue weighted by Crippen LogP contribution is -2.24. The van der Waals surface area contributed by atoms with E-state index in [-0.39, 0.29) is 28.3 Å². The zero-order chi connectivity index (χ0) is 22.0. The van der Waals surface area contributed by atoms with Crippen LogP contribution >= 0.6 is 23.5 Å². The second-order valence-corrected chi connectivity index (χ2v) is 9.38. The number of thioether (sulfide) groups is 2. The summed E-state index contributed by atoms with van der Waals surface area (Å²) >= 11 is 2.67. The maximum atomic E-state index is 13.4. The molecule has 160 valence electrons. The minimum absolute atomic E-state index is 0.0618. The lowest BCUT2D eigenvalue weighted by molar-refractivity contribution is -0.113. The molecular formula is C22H20FN3O3S2. The van der Waals surface area contributed by atoms with Gasteiger partial charge in [-0.05, 0) is 36.4 Å². The number of nitrogens with zero attached hydrogens (tertiary/aromatic N) is 2. The molecule has 1 atom stereocenters. The molecule has 1 N–H and O–H groups in total. The number of nitrogens with one attached hydrogen (secondary N) is 1. The van der Waals surface area contributed by atoms with Crippen LogP contribution in [0.3, 0.4) is 0 Å². The molecule has 31 heavy (non-hydrogen) atoms. The van der Waals surface area contributed by atoms with Gasteiger partial charge in [-0.25, -0.2) is 9.37 Å². The molecule has 0 radical (unpaired) electrons. The van der Waals surface area contributed by atoms with Crippen LogP contribution in [-0.2, 0) is 11.2 Å². The number of anilines is 1. The SMILES string of the molecule is COc1cccc(NC(=O)CSc2nc3c(c(=O)n2-c2ccc(F)cc2)SC(C)C3)c1. The van der Waals surface area contributed by atoms with Gasteiger partial charge >= 0.3 is 0 Å². The Morgan fingerprint density at radius 3 is 2.84 bits per heavy atom. The molecule has 2 aromatic carbocycles. The minimum atomic E-state index is -0.388. The van der Waals surface area contributed by atoms with E-state index < -0.39 is 0 Å². The average molecular weight is 458 g/mol. The fraction of sp³-hybridized carbons (Fsp3) is 0.227. The number of halogens is 1. The van der Waals surface area contributed by atoms with Gasteiger partial charge in [-0.3, -0.25) is 14.2 Å².